The number of nitrogens with one attached hydrogen (secondary N) is 1. The smallest absolute Gasteiger partial charge is 0.328 e. The van der Waals surface area contributed by atoms with Crippen molar-refractivity contribution in [3.8, 4) is 0 Å². The van der Waals surface area contributed by atoms with Gasteiger partial charge in [-0.15, -0.1) is 0 Å². The van der Waals surface area contributed by atoms with Crippen LogP contribution in [-0.2, 0) is 24.3 Å². The average molecular weight is 435 g/mol. The summed E-state index contributed by atoms with van der Waals surface area (Å²) in [6.07, 6.45) is 1.28. The van der Waals surface area contributed by atoms with E-state index in [9.17, 15) is 9.59 Å². The van der Waals surface area contributed by atoms with Crippen molar-refractivity contribution in [2.75, 3.05) is 6.61 Å². The molecule has 32 heavy (non-hydrogen) atoms. The van der Waals surface area contributed by atoms with Crippen molar-refractivity contribution in [1.29, 1.82) is 0 Å². The molecule has 0 spiro atoms. The molecular formula is C27H34N2O3. The van der Waals surface area contributed by atoms with Crippen LogP contribution in [0.5, 0.6) is 0 Å². The molecule has 0 radical (unpaired) electrons. The Morgan fingerprint density at radius 2 is 1.53 bits per heavy atom. The summed E-state index contributed by atoms with van der Waals surface area (Å²) in [6.45, 7) is 9.60. The Morgan fingerprint density at radius 1 is 0.938 bits per heavy atom. The lowest BCUT2D eigenvalue weighted by Gasteiger charge is -2.26. The molecule has 0 bridgehead atoms. The van der Waals surface area contributed by atoms with Gasteiger partial charge in [0.2, 0.25) is 0 Å². The predicted molar refractivity (Wildman–Crippen MR) is 129 cm³/mol. The summed E-state index contributed by atoms with van der Waals surface area (Å²) in [6, 6.07) is 19.9. The third kappa shape index (κ3) is 6.30. The Morgan fingerprint density at radius 3 is 2.12 bits per heavy atom. The van der Waals surface area contributed by atoms with Crippen LogP contribution >= 0.6 is 0 Å². The first-order valence-corrected chi connectivity index (χ1v) is 11.3. The fraction of sp³-hybridized carbons (Fsp3) is 0.407. The zero-order valence-corrected chi connectivity index (χ0v) is 19.6. The van der Waals surface area contributed by atoms with Crippen molar-refractivity contribution in [2.45, 2.75) is 59.6 Å². The number of aromatic amines is 1. The highest BCUT2D eigenvalue weighted by molar-refractivity contribution is 5.28. The van der Waals surface area contributed by atoms with Gasteiger partial charge in [0.1, 0.15) is 0 Å². The summed E-state index contributed by atoms with van der Waals surface area (Å²) in [7, 11) is 0. The van der Waals surface area contributed by atoms with Crippen LogP contribution in [0.1, 0.15) is 62.4 Å². The maximum atomic E-state index is 13.3. The van der Waals surface area contributed by atoms with Gasteiger partial charge in [-0.2, -0.15) is 0 Å². The molecular weight excluding hydrogens is 400 g/mol. The van der Waals surface area contributed by atoms with Gasteiger partial charge in [0.05, 0.1) is 6.61 Å². The van der Waals surface area contributed by atoms with Gasteiger partial charge in [-0.05, 0) is 28.9 Å². The summed E-state index contributed by atoms with van der Waals surface area (Å²) < 4.78 is 7.19. The minimum Gasteiger partial charge on any atom is -0.377 e. The third-order valence-electron chi connectivity index (χ3n) is 5.73. The summed E-state index contributed by atoms with van der Waals surface area (Å²) in [5, 5.41) is 0. The summed E-state index contributed by atoms with van der Waals surface area (Å²) in [5.74, 6) is 0.0154. The largest absolute Gasteiger partial charge is 0.377 e. The molecule has 0 aliphatic carbocycles. The third-order valence-corrected chi connectivity index (χ3v) is 5.73. The van der Waals surface area contributed by atoms with E-state index in [1.807, 2.05) is 74.5 Å². The lowest BCUT2D eigenvalue weighted by Crippen LogP contribution is -2.42. The van der Waals surface area contributed by atoms with Crippen LogP contribution in [0, 0.1) is 5.41 Å². The summed E-state index contributed by atoms with van der Waals surface area (Å²) in [4.78, 5) is 29.2. The molecule has 0 amide bonds. The van der Waals surface area contributed by atoms with E-state index < -0.39 is 0 Å². The van der Waals surface area contributed by atoms with Crippen LogP contribution in [-0.4, -0.2) is 16.2 Å². The van der Waals surface area contributed by atoms with Crippen LogP contribution in [0.2, 0.25) is 0 Å². The van der Waals surface area contributed by atoms with E-state index in [4.69, 9.17) is 4.74 Å². The molecule has 0 aliphatic heterocycles. The number of benzene rings is 2. The molecule has 5 heteroatoms. The van der Waals surface area contributed by atoms with E-state index in [0.29, 0.717) is 37.4 Å². The highest BCUT2D eigenvalue weighted by atomic mass is 16.5. The molecule has 0 atom stereocenters. The van der Waals surface area contributed by atoms with Crippen LogP contribution in [0.4, 0.5) is 0 Å². The molecule has 3 rings (SSSR count). The van der Waals surface area contributed by atoms with Crippen molar-refractivity contribution in [3.05, 3.63) is 104 Å². The number of aromatic nitrogens is 2. The highest BCUT2D eigenvalue weighted by Crippen LogP contribution is 2.23. The summed E-state index contributed by atoms with van der Waals surface area (Å²) >= 11 is 0. The quantitative estimate of drug-likeness (QED) is 0.462. The molecule has 3 aromatic rings. The molecule has 0 saturated carbocycles. The van der Waals surface area contributed by atoms with Gasteiger partial charge in [-0.25, -0.2) is 4.79 Å². The standard InChI is InChI=1S/C27H34N2O3/c1-20(2)24-23(17-21-11-7-5-8-12-21)28-26(31)29(25(24)30)19-27(3,4)15-16-32-18-22-13-9-6-10-14-22/h5-14,20H,15-19H2,1-4H3,(H,28,31). The van der Waals surface area contributed by atoms with Crippen molar-refractivity contribution in [1.82, 2.24) is 9.55 Å². The predicted octanol–water partition coefficient (Wildman–Crippen LogP) is 4.88. The molecule has 1 N–H and O–H groups in total. The van der Waals surface area contributed by atoms with Crippen LogP contribution in [0.15, 0.2) is 70.3 Å². The van der Waals surface area contributed by atoms with Crippen molar-refractivity contribution < 1.29 is 4.74 Å². The number of nitrogens with zero attached hydrogens (tertiary/aromatic N) is 1. The van der Waals surface area contributed by atoms with Gasteiger partial charge in [0, 0.05) is 30.8 Å². The zero-order valence-electron chi connectivity index (χ0n) is 19.6. The minimum absolute atomic E-state index is 0.0154. The van der Waals surface area contributed by atoms with Gasteiger partial charge < -0.3 is 9.72 Å². The molecule has 2 aromatic carbocycles. The fourth-order valence-corrected chi connectivity index (χ4v) is 3.93. The van der Waals surface area contributed by atoms with E-state index in [1.165, 1.54) is 4.57 Å². The first kappa shape index (κ1) is 23.7. The molecule has 0 aliphatic rings. The SMILES string of the molecule is CC(C)c1c(Cc2ccccc2)[nH]c(=O)n(CC(C)(C)CCOCc2ccccc2)c1=O. The normalized spacial score (nSPS) is 11.8. The van der Waals surface area contributed by atoms with Crippen LogP contribution in [0.3, 0.4) is 0 Å². The van der Waals surface area contributed by atoms with E-state index >= 15 is 0 Å². The number of hydrogen-bond donors (Lipinski definition) is 1. The Balaban J connectivity index is 1.74. The number of ether oxygens (including phenoxy) is 1. The zero-order chi connectivity index (χ0) is 23.1. The van der Waals surface area contributed by atoms with Crippen molar-refractivity contribution in [2.24, 2.45) is 5.41 Å². The number of H-pyrrole nitrogens is 1. The Bertz CT molecular complexity index is 1110. The topological polar surface area (TPSA) is 64.1 Å². The lowest BCUT2D eigenvalue weighted by atomic mass is 9.89. The van der Waals surface area contributed by atoms with Gasteiger partial charge in [-0.3, -0.25) is 9.36 Å². The van der Waals surface area contributed by atoms with Gasteiger partial charge in [0.15, 0.2) is 0 Å². The molecule has 1 aromatic heterocycles. The second kappa shape index (κ2) is 10.6. The van der Waals surface area contributed by atoms with Crippen molar-refractivity contribution in [3.63, 3.8) is 0 Å². The van der Waals surface area contributed by atoms with Gasteiger partial charge in [0.25, 0.3) is 5.56 Å². The molecule has 0 fully saturated rings. The van der Waals surface area contributed by atoms with Crippen molar-refractivity contribution >= 4 is 0 Å². The number of rotatable bonds is 10. The molecule has 1 heterocycles. The first-order chi connectivity index (χ1) is 15.3. The Hall–Kier alpha value is -2.92. The van der Waals surface area contributed by atoms with Gasteiger partial charge in [-0.1, -0.05) is 88.4 Å². The van der Waals surface area contributed by atoms with E-state index in [0.717, 1.165) is 17.5 Å². The van der Waals surface area contributed by atoms with Crippen LogP contribution < -0.4 is 11.2 Å². The van der Waals surface area contributed by atoms with Crippen LogP contribution in [0.25, 0.3) is 0 Å². The Kier molecular flexibility index (Phi) is 7.86. The highest BCUT2D eigenvalue weighted by Gasteiger charge is 2.24. The van der Waals surface area contributed by atoms with E-state index in [-0.39, 0.29) is 22.6 Å². The molecule has 0 unspecified atom stereocenters. The van der Waals surface area contributed by atoms with E-state index in [1.54, 1.807) is 0 Å². The monoisotopic (exact) mass is 434 g/mol. The first-order valence-electron chi connectivity index (χ1n) is 11.3. The summed E-state index contributed by atoms with van der Waals surface area (Å²) in [5.41, 5.74) is 2.80. The van der Waals surface area contributed by atoms with Gasteiger partial charge >= 0.3 is 5.69 Å². The average Bonchev–Trinajstić information content (AvgIpc) is 2.75. The minimum atomic E-state index is -0.344. The fourth-order valence-electron chi connectivity index (χ4n) is 3.93. The Labute approximate surface area is 190 Å². The maximum Gasteiger partial charge on any atom is 0.328 e. The molecule has 5 nitrogen and oxygen atoms in total. The second-order valence-electron chi connectivity index (χ2n) is 9.48. The van der Waals surface area contributed by atoms with E-state index in [2.05, 4.69) is 18.8 Å². The maximum absolute atomic E-state index is 13.3. The molecule has 0 saturated heterocycles. The molecule has 170 valence electrons. The second-order valence-corrected chi connectivity index (χ2v) is 9.48. The lowest BCUT2D eigenvalue weighted by molar-refractivity contribution is 0.0864. The number of hydrogen-bond acceptors (Lipinski definition) is 3.